The normalized spacial score (nSPS) is 11.9. The van der Waals surface area contributed by atoms with Crippen LogP contribution in [0.5, 0.6) is 0 Å². The Balaban J connectivity index is 2.15. The molecule has 0 aliphatic carbocycles. The quantitative estimate of drug-likeness (QED) is 0.867. The topological polar surface area (TPSA) is 98.2 Å². The predicted molar refractivity (Wildman–Crippen MR) is 72.2 cm³/mol. The fourth-order valence-electron chi connectivity index (χ4n) is 1.61. The highest BCUT2D eigenvalue weighted by molar-refractivity contribution is 7.89. The van der Waals surface area contributed by atoms with Gasteiger partial charge in [-0.2, -0.15) is 0 Å². The number of aryl methyl sites for hydroxylation is 2. The number of aromatic nitrogens is 1. The number of oxazole rings is 1. The summed E-state index contributed by atoms with van der Waals surface area (Å²) in [5, 5.41) is 0. The molecule has 6 nitrogen and oxygen atoms in total. The van der Waals surface area contributed by atoms with E-state index in [0.717, 1.165) is 9.75 Å². The number of nitrogens with zero attached hydrogens (tertiary/aromatic N) is 1. The van der Waals surface area contributed by atoms with Crippen molar-refractivity contribution >= 4 is 21.4 Å². The van der Waals surface area contributed by atoms with Gasteiger partial charge in [0.05, 0.1) is 17.6 Å². The Kier molecular flexibility index (Phi) is 4.04. The van der Waals surface area contributed by atoms with E-state index >= 15 is 0 Å². The third-order valence-electron chi connectivity index (χ3n) is 2.50. The molecule has 2 heterocycles. The van der Waals surface area contributed by atoms with Crippen molar-refractivity contribution in [2.75, 3.05) is 0 Å². The maximum absolute atomic E-state index is 12.1. The molecule has 19 heavy (non-hydrogen) atoms. The fourth-order valence-corrected chi connectivity index (χ4v) is 4.10. The molecule has 0 atom stereocenters. The molecule has 0 aliphatic rings. The molecule has 0 fully saturated rings. The minimum Gasteiger partial charge on any atom is -0.445 e. The summed E-state index contributed by atoms with van der Waals surface area (Å²) in [6, 6.07) is 1.60. The molecular formula is C11H15N3O3S2. The van der Waals surface area contributed by atoms with Crippen molar-refractivity contribution in [2.45, 2.75) is 31.8 Å². The van der Waals surface area contributed by atoms with Crippen LogP contribution in [0.25, 0.3) is 0 Å². The molecule has 0 saturated carbocycles. The van der Waals surface area contributed by atoms with Crippen molar-refractivity contribution in [3.8, 4) is 0 Å². The Hall–Kier alpha value is -1.22. The van der Waals surface area contributed by atoms with Gasteiger partial charge in [0.15, 0.2) is 0 Å². The van der Waals surface area contributed by atoms with E-state index in [4.69, 9.17) is 10.2 Å². The van der Waals surface area contributed by atoms with Crippen molar-refractivity contribution < 1.29 is 12.8 Å². The molecule has 2 rings (SSSR count). The summed E-state index contributed by atoms with van der Waals surface area (Å²) in [7, 11) is -3.56. The number of nitrogens with two attached hydrogens (primary N) is 1. The molecule has 2 aromatic rings. The summed E-state index contributed by atoms with van der Waals surface area (Å²) in [5.41, 5.74) is 5.51. The lowest BCUT2D eigenvalue weighted by Gasteiger charge is -2.03. The first-order valence-electron chi connectivity index (χ1n) is 5.62. The van der Waals surface area contributed by atoms with Gasteiger partial charge in [-0.1, -0.05) is 0 Å². The summed E-state index contributed by atoms with van der Waals surface area (Å²) >= 11 is 1.38. The molecule has 8 heteroatoms. The average molecular weight is 301 g/mol. The summed E-state index contributed by atoms with van der Waals surface area (Å²) in [5.74, 6) is 0.985. The van der Waals surface area contributed by atoms with E-state index in [0.29, 0.717) is 18.2 Å². The number of thiophene rings is 1. The first-order chi connectivity index (χ1) is 8.92. The predicted octanol–water partition coefficient (Wildman–Crippen LogP) is 1.29. The molecule has 0 spiro atoms. The van der Waals surface area contributed by atoms with E-state index in [1.54, 1.807) is 26.1 Å². The molecule has 104 valence electrons. The van der Waals surface area contributed by atoms with E-state index in [-0.39, 0.29) is 11.4 Å². The van der Waals surface area contributed by atoms with Gasteiger partial charge in [-0.05, 0) is 19.9 Å². The van der Waals surface area contributed by atoms with Gasteiger partial charge in [-0.25, -0.2) is 18.1 Å². The Morgan fingerprint density at radius 2 is 2.21 bits per heavy atom. The van der Waals surface area contributed by atoms with Crippen LogP contribution in [0.15, 0.2) is 21.6 Å². The third kappa shape index (κ3) is 3.21. The van der Waals surface area contributed by atoms with E-state index in [9.17, 15) is 8.42 Å². The maximum Gasteiger partial charge on any atom is 0.242 e. The number of hydrogen-bond donors (Lipinski definition) is 2. The molecule has 0 aromatic carbocycles. The Morgan fingerprint density at radius 3 is 2.74 bits per heavy atom. The van der Waals surface area contributed by atoms with Crippen LogP contribution in [-0.2, 0) is 23.1 Å². The SMILES string of the molecule is Cc1cnc(CNS(=O)(=O)c2cc(CN)sc2C)o1. The van der Waals surface area contributed by atoms with E-state index in [1.165, 1.54) is 11.3 Å². The number of sulfonamides is 1. The second kappa shape index (κ2) is 5.41. The summed E-state index contributed by atoms with van der Waals surface area (Å²) < 4.78 is 32.0. The van der Waals surface area contributed by atoms with Crippen molar-refractivity contribution in [3.05, 3.63) is 33.7 Å². The van der Waals surface area contributed by atoms with Crippen LogP contribution in [0, 0.1) is 13.8 Å². The van der Waals surface area contributed by atoms with Gasteiger partial charge in [0, 0.05) is 16.3 Å². The average Bonchev–Trinajstić information content (AvgIpc) is 2.93. The monoisotopic (exact) mass is 301 g/mol. The van der Waals surface area contributed by atoms with Gasteiger partial charge in [0.1, 0.15) is 5.76 Å². The minimum absolute atomic E-state index is 0.0312. The molecule has 0 aliphatic heterocycles. The standard InChI is InChI=1S/C11H15N3O3S2/c1-7-5-13-11(17-7)6-14-19(15,16)10-3-9(4-12)18-8(10)2/h3,5,14H,4,6,12H2,1-2H3. The van der Waals surface area contributed by atoms with Crippen LogP contribution < -0.4 is 10.5 Å². The van der Waals surface area contributed by atoms with Crippen LogP contribution in [-0.4, -0.2) is 13.4 Å². The van der Waals surface area contributed by atoms with E-state index in [2.05, 4.69) is 9.71 Å². The third-order valence-corrected chi connectivity index (χ3v) is 5.23. The van der Waals surface area contributed by atoms with Crippen molar-refractivity contribution in [1.82, 2.24) is 9.71 Å². The lowest BCUT2D eigenvalue weighted by molar-refractivity contribution is 0.463. The van der Waals surface area contributed by atoms with Gasteiger partial charge < -0.3 is 10.2 Å². The highest BCUT2D eigenvalue weighted by Gasteiger charge is 2.20. The molecule has 0 saturated heterocycles. The van der Waals surface area contributed by atoms with Crippen molar-refractivity contribution in [1.29, 1.82) is 0 Å². The van der Waals surface area contributed by atoms with Crippen LogP contribution >= 0.6 is 11.3 Å². The van der Waals surface area contributed by atoms with Gasteiger partial charge in [-0.3, -0.25) is 0 Å². The van der Waals surface area contributed by atoms with Gasteiger partial charge in [-0.15, -0.1) is 11.3 Å². The lowest BCUT2D eigenvalue weighted by atomic mass is 10.4. The van der Waals surface area contributed by atoms with E-state index in [1.807, 2.05) is 0 Å². The van der Waals surface area contributed by atoms with Gasteiger partial charge in [0.25, 0.3) is 0 Å². The molecule has 0 bridgehead atoms. The van der Waals surface area contributed by atoms with Crippen LogP contribution in [0.1, 0.15) is 21.4 Å². The Bertz CT molecular complexity index is 673. The Morgan fingerprint density at radius 1 is 1.47 bits per heavy atom. The second-order valence-electron chi connectivity index (χ2n) is 4.03. The molecule has 0 radical (unpaired) electrons. The van der Waals surface area contributed by atoms with Crippen molar-refractivity contribution in [3.63, 3.8) is 0 Å². The zero-order valence-electron chi connectivity index (χ0n) is 10.6. The van der Waals surface area contributed by atoms with Gasteiger partial charge >= 0.3 is 0 Å². The number of hydrogen-bond acceptors (Lipinski definition) is 6. The Labute approximate surface area is 115 Å². The van der Waals surface area contributed by atoms with Crippen LogP contribution in [0.2, 0.25) is 0 Å². The van der Waals surface area contributed by atoms with Gasteiger partial charge in [0.2, 0.25) is 15.9 Å². The minimum atomic E-state index is -3.56. The first kappa shape index (κ1) is 14.2. The van der Waals surface area contributed by atoms with Crippen molar-refractivity contribution in [2.24, 2.45) is 5.73 Å². The zero-order valence-corrected chi connectivity index (χ0v) is 12.3. The summed E-state index contributed by atoms with van der Waals surface area (Å²) in [6.07, 6.45) is 1.55. The van der Waals surface area contributed by atoms with Crippen LogP contribution in [0.3, 0.4) is 0 Å². The molecule has 2 aromatic heterocycles. The molecule has 0 amide bonds. The summed E-state index contributed by atoms with van der Waals surface area (Å²) in [4.78, 5) is 5.77. The summed E-state index contributed by atoms with van der Waals surface area (Å²) in [6.45, 7) is 3.87. The van der Waals surface area contributed by atoms with Crippen LogP contribution in [0.4, 0.5) is 0 Å². The molecule has 0 unspecified atom stereocenters. The molecule has 3 N–H and O–H groups in total. The highest BCUT2D eigenvalue weighted by Crippen LogP contribution is 2.25. The largest absolute Gasteiger partial charge is 0.445 e. The van der Waals surface area contributed by atoms with E-state index < -0.39 is 10.0 Å². The molecular weight excluding hydrogens is 286 g/mol. The smallest absolute Gasteiger partial charge is 0.242 e. The highest BCUT2D eigenvalue weighted by atomic mass is 32.2. The second-order valence-corrected chi connectivity index (χ2v) is 7.10. The first-order valence-corrected chi connectivity index (χ1v) is 7.92. The zero-order chi connectivity index (χ0) is 14.0. The number of nitrogens with one attached hydrogen (secondary N) is 1. The number of rotatable bonds is 5. The fraction of sp³-hybridized carbons (Fsp3) is 0.364. The maximum atomic E-state index is 12.1. The lowest BCUT2D eigenvalue weighted by Crippen LogP contribution is -2.23.